The molecule has 0 saturated heterocycles. The summed E-state index contributed by atoms with van der Waals surface area (Å²) in [6.45, 7) is 2.89. The number of fused-ring (bicyclic) bond motifs is 1. The van der Waals surface area contributed by atoms with Gasteiger partial charge in [-0.3, -0.25) is 9.59 Å². The summed E-state index contributed by atoms with van der Waals surface area (Å²) in [5.74, 6) is 0.455. The Hall–Kier alpha value is -1.43. The lowest BCUT2D eigenvalue weighted by Gasteiger charge is -2.26. The Bertz CT molecular complexity index is 507. The van der Waals surface area contributed by atoms with E-state index < -0.39 is 0 Å². The standard InChI is InChI=1S/C12H15N3O2S/c1-7(16)13-12-14-9-4-5-15(6-10(9)18-12)11(17)8-2-3-8/h8H,2-6H2,1H3,(H,13,14,16). The number of aromatic nitrogens is 1. The van der Waals surface area contributed by atoms with Crippen molar-refractivity contribution in [3.8, 4) is 0 Å². The van der Waals surface area contributed by atoms with Gasteiger partial charge in [-0.25, -0.2) is 4.98 Å². The molecule has 0 spiro atoms. The number of anilines is 1. The van der Waals surface area contributed by atoms with Gasteiger partial charge in [0.1, 0.15) is 0 Å². The van der Waals surface area contributed by atoms with Crippen LogP contribution in [0.25, 0.3) is 0 Å². The third kappa shape index (κ3) is 2.25. The minimum absolute atomic E-state index is 0.105. The number of nitrogens with zero attached hydrogens (tertiary/aromatic N) is 2. The monoisotopic (exact) mass is 265 g/mol. The Morgan fingerprint density at radius 2 is 2.22 bits per heavy atom. The number of thiazole rings is 1. The van der Waals surface area contributed by atoms with Crippen LogP contribution in [0.1, 0.15) is 30.3 Å². The van der Waals surface area contributed by atoms with Crippen molar-refractivity contribution in [2.75, 3.05) is 11.9 Å². The van der Waals surface area contributed by atoms with Crippen molar-refractivity contribution >= 4 is 28.3 Å². The molecule has 0 bridgehead atoms. The molecule has 2 heterocycles. The minimum atomic E-state index is -0.105. The van der Waals surface area contributed by atoms with Crippen LogP contribution in [0.15, 0.2) is 0 Å². The lowest BCUT2D eigenvalue weighted by atomic mass is 10.1. The molecule has 1 aromatic rings. The van der Waals surface area contributed by atoms with E-state index in [1.807, 2.05) is 4.90 Å². The van der Waals surface area contributed by atoms with Crippen molar-refractivity contribution in [1.29, 1.82) is 0 Å². The van der Waals surface area contributed by atoms with E-state index in [1.165, 1.54) is 18.3 Å². The van der Waals surface area contributed by atoms with Gasteiger partial charge in [0.2, 0.25) is 11.8 Å². The molecule has 5 nitrogen and oxygen atoms in total. The van der Waals surface area contributed by atoms with Crippen LogP contribution >= 0.6 is 11.3 Å². The van der Waals surface area contributed by atoms with Crippen molar-refractivity contribution < 1.29 is 9.59 Å². The van der Waals surface area contributed by atoms with Gasteiger partial charge in [-0.05, 0) is 12.8 Å². The van der Waals surface area contributed by atoms with Gasteiger partial charge in [-0.2, -0.15) is 0 Å². The van der Waals surface area contributed by atoms with E-state index in [2.05, 4.69) is 10.3 Å². The first-order valence-electron chi connectivity index (χ1n) is 6.18. The fraction of sp³-hybridized carbons (Fsp3) is 0.583. The smallest absolute Gasteiger partial charge is 0.226 e. The predicted octanol–water partition coefficient (Wildman–Crippen LogP) is 1.40. The number of amides is 2. The quantitative estimate of drug-likeness (QED) is 0.879. The van der Waals surface area contributed by atoms with Crippen LogP contribution in [0.5, 0.6) is 0 Å². The van der Waals surface area contributed by atoms with Crippen LogP contribution in [0.4, 0.5) is 5.13 Å². The summed E-state index contributed by atoms with van der Waals surface area (Å²) in [6.07, 6.45) is 2.88. The summed E-state index contributed by atoms with van der Waals surface area (Å²) < 4.78 is 0. The first-order valence-corrected chi connectivity index (χ1v) is 7.00. The molecule has 3 rings (SSSR count). The van der Waals surface area contributed by atoms with Crippen LogP contribution in [-0.2, 0) is 22.6 Å². The highest BCUT2D eigenvalue weighted by Crippen LogP contribution is 2.34. The molecule has 1 aliphatic carbocycles. The molecule has 2 amide bonds. The van der Waals surface area contributed by atoms with Gasteiger partial charge in [0.15, 0.2) is 5.13 Å². The Morgan fingerprint density at radius 3 is 2.89 bits per heavy atom. The van der Waals surface area contributed by atoms with Crippen LogP contribution < -0.4 is 5.32 Å². The summed E-state index contributed by atoms with van der Waals surface area (Å²) in [5.41, 5.74) is 1.03. The van der Waals surface area contributed by atoms with Gasteiger partial charge in [0.25, 0.3) is 0 Å². The van der Waals surface area contributed by atoms with E-state index in [1.54, 1.807) is 0 Å². The molecule has 6 heteroatoms. The van der Waals surface area contributed by atoms with E-state index in [4.69, 9.17) is 0 Å². The van der Waals surface area contributed by atoms with Gasteiger partial charge in [-0.15, -0.1) is 0 Å². The minimum Gasteiger partial charge on any atom is -0.337 e. The third-order valence-corrected chi connectivity index (χ3v) is 4.25. The lowest BCUT2D eigenvalue weighted by Crippen LogP contribution is -2.36. The van der Waals surface area contributed by atoms with E-state index in [0.29, 0.717) is 11.7 Å². The summed E-state index contributed by atoms with van der Waals surface area (Å²) in [5, 5.41) is 3.35. The predicted molar refractivity (Wildman–Crippen MR) is 68.3 cm³/mol. The SMILES string of the molecule is CC(=O)Nc1nc2c(s1)CN(C(=O)C1CC1)CC2. The molecule has 0 aromatic carbocycles. The van der Waals surface area contributed by atoms with Gasteiger partial charge < -0.3 is 10.2 Å². The maximum absolute atomic E-state index is 12.0. The zero-order valence-electron chi connectivity index (χ0n) is 10.2. The highest BCUT2D eigenvalue weighted by Gasteiger charge is 2.35. The molecule has 1 aliphatic heterocycles. The van der Waals surface area contributed by atoms with Crippen molar-refractivity contribution in [3.63, 3.8) is 0 Å². The summed E-state index contributed by atoms with van der Waals surface area (Å²) in [4.78, 5) is 30.4. The van der Waals surface area contributed by atoms with Crippen LogP contribution in [0.2, 0.25) is 0 Å². The second kappa shape index (κ2) is 4.35. The van der Waals surface area contributed by atoms with Crippen LogP contribution in [0, 0.1) is 5.92 Å². The Morgan fingerprint density at radius 1 is 1.44 bits per heavy atom. The molecule has 1 aromatic heterocycles. The molecular weight excluding hydrogens is 250 g/mol. The maximum atomic E-state index is 12.0. The van der Waals surface area contributed by atoms with Gasteiger partial charge in [-0.1, -0.05) is 11.3 Å². The van der Waals surface area contributed by atoms with Crippen molar-refractivity contribution in [3.05, 3.63) is 10.6 Å². The van der Waals surface area contributed by atoms with E-state index in [9.17, 15) is 9.59 Å². The molecule has 18 heavy (non-hydrogen) atoms. The van der Waals surface area contributed by atoms with Gasteiger partial charge in [0, 0.05) is 30.7 Å². The number of nitrogens with one attached hydrogen (secondary N) is 1. The van der Waals surface area contributed by atoms with Crippen LogP contribution in [-0.4, -0.2) is 28.2 Å². The normalized spacial score (nSPS) is 18.4. The fourth-order valence-electron chi connectivity index (χ4n) is 2.18. The number of hydrogen-bond donors (Lipinski definition) is 1. The molecule has 1 saturated carbocycles. The highest BCUT2D eigenvalue weighted by molar-refractivity contribution is 7.15. The molecule has 0 radical (unpaired) electrons. The molecule has 96 valence electrons. The van der Waals surface area contributed by atoms with E-state index in [0.717, 1.165) is 36.4 Å². The first-order chi connectivity index (χ1) is 8.63. The third-order valence-electron chi connectivity index (χ3n) is 3.25. The number of carbonyl (C=O) groups excluding carboxylic acids is 2. The van der Waals surface area contributed by atoms with Crippen molar-refractivity contribution in [2.45, 2.75) is 32.7 Å². The molecule has 1 N–H and O–H groups in total. The average Bonchev–Trinajstić information content (AvgIpc) is 3.08. The molecule has 1 fully saturated rings. The number of rotatable bonds is 2. The Labute approximate surface area is 109 Å². The first kappa shape index (κ1) is 11.6. The van der Waals surface area contributed by atoms with Gasteiger partial charge in [0.05, 0.1) is 12.2 Å². The van der Waals surface area contributed by atoms with Crippen molar-refractivity contribution in [1.82, 2.24) is 9.88 Å². The zero-order chi connectivity index (χ0) is 12.7. The molecular formula is C12H15N3O2S. The lowest BCUT2D eigenvalue weighted by molar-refractivity contribution is -0.133. The molecule has 0 atom stereocenters. The second-order valence-electron chi connectivity index (χ2n) is 4.85. The summed E-state index contributed by atoms with van der Waals surface area (Å²) in [6, 6.07) is 0. The maximum Gasteiger partial charge on any atom is 0.226 e. The largest absolute Gasteiger partial charge is 0.337 e. The highest BCUT2D eigenvalue weighted by atomic mass is 32.1. The number of hydrogen-bond acceptors (Lipinski definition) is 4. The summed E-state index contributed by atoms with van der Waals surface area (Å²) in [7, 11) is 0. The fourth-order valence-corrected chi connectivity index (χ4v) is 3.25. The Kier molecular flexibility index (Phi) is 2.81. The Balaban J connectivity index is 1.73. The zero-order valence-corrected chi connectivity index (χ0v) is 11.0. The van der Waals surface area contributed by atoms with E-state index in [-0.39, 0.29) is 17.7 Å². The average molecular weight is 265 g/mol. The van der Waals surface area contributed by atoms with Gasteiger partial charge >= 0.3 is 0 Å². The number of carbonyl (C=O) groups is 2. The van der Waals surface area contributed by atoms with Crippen molar-refractivity contribution in [2.24, 2.45) is 5.92 Å². The summed E-state index contributed by atoms with van der Waals surface area (Å²) >= 11 is 1.48. The topological polar surface area (TPSA) is 62.3 Å². The van der Waals surface area contributed by atoms with E-state index >= 15 is 0 Å². The van der Waals surface area contributed by atoms with Crippen LogP contribution in [0.3, 0.4) is 0 Å². The molecule has 0 unspecified atom stereocenters. The second-order valence-corrected chi connectivity index (χ2v) is 5.94. The molecule has 2 aliphatic rings.